The first-order valence-electron chi connectivity index (χ1n) is 10.1. The van der Waals surface area contributed by atoms with Gasteiger partial charge in [-0.3, -0.25) is 9.88 Å². The van der Waals surface area contributed by atoms with Crippen molar-refractivity contribution in [2.24, 2.45) is 0 Å². The smallest absolute Gasteiger partial charge is 0.241 e. The Balaban J connectivity index is 1.39. The Morgan fingerprint density at radius 1 is 1.03 bits per heavy atom. The number of ether oxygens (including phenoxy) is 4. The minimum absolute atomic E-state index is 0.190. The van der Waals surface area contributed by atoms with E-state index >= 15 is 0 Å². The standard InChI is InChI=1S/C22H26N4O5/c1-27-18-7-6-17(20(28-2)21(18)29-3)22-24-19(31-25-22)14-26-11-8-15(9-12-26)30-16-5-4-10-23-13-16/h4-7,10,13,15H,8-9,11-12,14H2,1-3H3. The number of hydrogen-bond acceptors (Lipinski definition) is 9. The molecule has 4 rings (SSSR count). The first-order chi connectivity index (χ1) is 15.2. The van der Waals surface area contributed by atoms with Crippen LogP contribution in [0.1, 0.15) is 18.7 Å². The molecule has 0 radical (unpaired) electrons. The number of rotatable bonds is 8. The van der Waals surface area contributed by atoms with Crippen molar-refractivity contribution in [3.05, 3.63) is 42.5 Å². The van der Waals surface area contributed by atoms with Gasteiger partial charge in [0.05, 0.1) is 39.6 Å². The summed E-state index contributed by atoms with van der Waals surface area (Å²) in [6.45, 7) is 2.37. The van der Waals surface area contributed by atoms with Gasteiger partial charge in [-0.05, 0) is 37.1 Å². The predicted molar refractivity (Wildman–Crippen MR) is 113 cm³/mol. The molecule has 1 saturated heterocycles. The number of benzene rings is 1. The Hall–Kier alpha value is -3.33. The first kappa shape index (κ1) is 20.9. The molecule has 9 nitrogen and oxygen atoms in total. The van der Waals surface area contributed by atoms with Crippen molar-refractivity contribution >= 4 is 0 Å². The van der Waals surface area contributed by atoms with E-state index in [2.05, 4.69) is 20.0 Å². The summed E-state index contributed by atoms with van der Waals surface area (Å²) in [5.41, 5.74) is 0.679. The quantitative estimate of drug-likeness (QED) is 0.538. The average molecular weight is 426 g/mol. The van der Waals surface area contributed by atoms with E-state index in [1.54, 1.807) is 39.8 Å². The Bertz CT molecular complexity index is 987. The summed E-state index contributed by atoms with van der Waals surface area (Å²) in [5, 5.41) is 4.14. The zero-order valence-corrected chi connectivity index (χ0v) is 17.9. The van der Waals surface area contributed by atoms with Crippen LogP contribution in [0, 0.1) is 0 Å². The summed E-state index contributed by atoms with van der Waals surface area (Å²) in [6.07, 6.45) is 5.54. The summed E-state index contributed by atoms with van der Waals surface area (Å²) in [7, 11) is 4.71. The van der Waals surface area contributed by atoms with Crippen LogP contribution in [0.4, 0.5) is 0 Å². The highest BCUT2D eigenvalue weighted by molar-refractivity contribution is 5.71. The predicted octanol–water partition coefficient (Wildman–Crippen LogP) is 3.20. The average Bonchev–Trinajstić information content (AvgIpc) is 3.28. The molecular formula is C22H26N4O5. The lowest BCUT2D eigenvalue weighted by atomic mass is 10.1. The normalized spacial score (nSPS) is 14.9. The van der Waals surface area contributed by atoms with Crippen molar-refractivity contribution in [1.29, 1.82) is 0 Å². The largest absolute Gasteiger partial charge is 0.493 e. The van der Waals surface area contributed by atoms with Crippen LogP contribution in [0.2, 0.25) is 0 Å². The SMILES string of the molecule is COc1ccc(-c2noc(CN3CCC(Oc4cccnc4)CC3)n2)c(OC)c1OC. The monoisotopic (exact) mass is 426 g/mol. The number of piperidine rings is 1. The topological polar surface area (TPSA) is 92.0 Å². The number of likely N-dealkylation sites (tertiary alicyclic amines) is 1. The highest BCUT2D eigenvalue weighted by atomic mass is 16.5. The van der Waals surface area contributed by atoms with Gasteiger partial charge in [0.2, 0.25) is 17.5 Å². The fourth-order valence-corrected chi connectivity index (χ4v) is 3.69. The molecule has 3 heterocycles. The van der Waals surface area contributed by atoms with Gasteiger partial charge in [-0.1, -0.05) is 5.16 Å². The van der Waals surface area contributed by atoms with Crippen molar-refractivity contribution in [3.8, 4) is 34.4 Å². The molecule has 0 aliphatic carbocycles. The maximum absolute atomic E-state index is 6.01. The minimum Gasteiger partial charge on any atom is -0.493 e. The van der Waals surface area contributed by atoms with Gasteiger partial charge in [0.1, 0.15) is 11.9 Å². The first-order valence-corrected chi connectivity index (χ1v) is 10.1. The van der Waals surface area contributed by atoms with E-state index in [-0.39, 0.29) is 6.10 Å². The lowest BCUT2D eigenvalue weighted by Crippen LogP contribution is -2.37. The second-order valence-corrected chi connectivity index (χ2v) is 7.18. The summed E-state index contributed by atoms with van der Waals surface area (Å²) < 4.78 is 27.8. The minimum atomic E-state index is 0.190. The van der Waals surface area contributed by atoms with E-state index in [0.717, 1.165) is 31.7 Å². The molecule has 0 unspecified atom stereocenters. The van der Waals surface area contributed by atoms with Crippen LogP contribution in [-0.2, 0) is 6.54 Å². The van der Waals surface area contributed by atoms with E-state index in [1.165, 1.54) is 0 Å². The highest BCUT2D eigenvalue weighted by Crippen LogP contribution is 2.43. The van der Waals surface area contributed by atoms with Crippen LogP contribution in [0.25, 0.3) is 11.4 Å². The molecule has 1 aromatic carbocycles. The van der Waals surface area contributed by atoms with E-state index < -0.39 is 0 Å². The molecule has 1 aliphatic heterocycles. The second-order valence-electron chi connectivity index (χ2n) is 7.18. The molecule has 2 aromatic heterocycles. The molecule has 31 heavy (non-hydrogen) atoms. The summed E-state index contributed by atoms with van der Waals surface area (Å²) in [6, 6.07) is 7.43. The number of pyridine rings is 1. The van der Waals surface area contributed by atoms with Crippen molar-refractivity contribution in [2.75, 3.05) is 34.4 Å². The number of hydrogen-bond donors (Lipinski definition) is 0. The van der Waals surface area contributed by atoms with Crippen LogP contribution in [0.5, 0.6) is 23.0 Å². The molecule has 1 aliphatic rings. The van der Waals surface area contributed by atoms with Gasteiger partial charge in [-0.2, -0.15) is 4.98 Å². The second kappa shape index (κ2) is 9.65. The van der Waals surface area contributed by atoms with Crippen molar-refractivity contribution in [2.45, 2.75) is 25.5 Å². The van der Waals surface area contributed by atoms with E-state index in [1.807, 2.05) is 18.2 Å². The van der Waals surface area contributed by atoms with Crippen molar-refractivity contribution in [3.63, 3.8) is 0 Å². The maximum atomic E-state index is 6.01. The molecular weight excluding hydrogens is 400 g/mol. The van der Waals surface area contributed by atoms with Gasteiger partial charge in [0.25, 0.3) is 0 Å². The summed E-state index contributed by atoms with van der Waals surface area (Å²) in [5.74, 6) is 3.38. The molecule has 9 heteroatoms. The number of methoxy groups -OCH3 is 3. The van der Waals surface area contributed by atoms with E-state index in [0.29, 0.717) is 41.1 Å². The molecule has 3 aromatic rings. The van der Waals surface area contributed by atoms with Gasteiger partial charge >= 0.3 is 0 Å². The Kier molecular flexibility index (Phi) is 6.51. The Labute approximate surface area is 180 Å². The molecule has 0 bridgehead atoms. The highest BCUT2D eigenvalue weighted by Gasteiger charge is 2.24. The lowest BCUT2D eigenvalue weighted by Gasteiger charge is -2.31. The van der Waals surface area contributed by atoms with E-state index in [9.17, 15) is 0 Å². The fraction of sp³-hybridized carbons (Fsp3) is 0.409. The number of aromatic nitrogens is 3. The third-order valence-electron chi connectivity index (χ3n) is 5.24. The van der Waals surface area contributed by atoms with Crippen LogP contribution in [0.15, 0.2) is 41.2 Å². The van der Waals surface area contributed by atoms with Crippen LogP contribution >= 0.6 is 0 Å². The molecule has 0 amide bonds. The third-order valence-corrected chi connectivity index (χ3v) is 5.24. The molecule has 164 valence electrons. The Morgan fingerprint density at radius 2 is 1.84 bits per heavy atom. The molecule has 0 spiro atoms. The van der Waals surface area contributed by atoms with Gasteiger partial charge < -0.3 is 23.5 Å². The maximum Gasteiger partial charge on any atom is 0.241 e. The fourth-order valence-electron chi connectivity index (χ4n) is 3.69. The van der Waals surface area contributed by atoms with Gasteiger partial charge in [-0.25, -0.2) is 0 Å². The zero-order valence-electron chi connectivity index (χ0n) is 17.9. The van der Waals surface area contributed by atoms with E-state index in [4.69, 9.17) is 23.5 Å². The third kappa shape index (κ3) is 4.72. The molecule has 0 atom stereocenters. The Morgan fingerprint density at radius 3 is 2.52 bits per heavy atom. The van der Waals surface area contributed by atoms with Crippen LogP contribution in [0.3, 0.4) is 0 Å². The molecule has 1 fully saturated rings. The summed E-state index contributed by atoms with van der Waals surface area (Å²) in [4.78, 5) is 10.9. The van der Waals surface area contributed by atoms with Crippen molar-refractivity contribution in [1.82, 2.24) is 20.0 Å². The van der Waals surface area contributed by atoms with Crippen LogP contribution < -0.4 is 18.9 Å². The van der Waals surface area contributed by atoms with Gasteiger partial charge in [-0.15, -0.1) is 0 Å². The van der Waals surface area contributed by atoms with Gasteiger partial charge in [0, 0.05) is 19.3 Å². The van der Waals surface area contributed by atoms with Gasteiger partial charge in [0.15, 0.2) is 11.5 Å². The summed E-state index contributed by atoms with van der Waals surface area (Å²) >= 11 is 0. The molecule has 0 saturated carbocycles. The van der Waals surface area contributed by atoms with Crippen molar-refractivity contribution < 1.29 is 23.5 Å². The zero-order chi connectivity index (χ0) is 21.6. The molecule has 0 N–H and O–H groups in total. The van der Waals surface area contributed by atoms with Crippen LogP contribution in [-0.4, -0.2) is 60.5 Å². The lowest BCUT2D eigenvalue weighted by molar-refractivity contribution is 0.0901. The number of nitrogens with zero attached hydrogens (tertiary/aromatic N) is 4.